The van der Waals surface area contributed by atoms with Gasteiger partial charge in [0.05, 0.1) is 31.8 Å². The van der Waals surface area contributed by atoms with E-state index in [1.54, 1.807) is 14.2 Å². The Kier molecular flexibility index (Phi) is 8.19. The molecule has 0 aromatic heterocycles. The van der Waals surface area contributed by atoms with Crippen molar-refractivity contribution in [2.45, 2.75) is 83.3 Å². The summed E-state index contributed by atoms with van der Waals surface area (Å²) in [5.74, 6) is 0.994. The number of hydrogen-bond acceptors (Lipinski definition) is 7. The summed E-state index contributed by atoms with van der Waals surface area (Å²) in [6.45, 7) is 5.85. The molecule has 1 aliphatic heterocycles. The number of nitrogens with one attached hydrogen (secondary N) is 1. The van der Waals surface area contributed by atoms with Crippen LogP contribution in [0, 0.1) is 0 Å². The van der Waals surface area contributed by atoms with E-state index in [4.69, 9.17) is 18.9 Å². The molecule has 0 spiro atoms. The number of ether oxygens (including phenoxy) is 4. The first-order valence-electron chi connectivity index (χ1n) is 14.2. The van der Waals surface area contributed by atoms with Crippen LogP contribution in [0.4, 0.5) is 0 Å². The molecule has 1 fully saturated rings. The maximum Gasteiger partial charge on any atom is 0.337 e. The minimum absolute atomic E-state index is 0.0107. The first-order valence-corrected chi connectivity index (χ1v) is 14.2. The van der Waals surface area contributed by atoms with Crippen LogP contribution < -0.4 is 19.5 Å². The molecule has 0 saturated heterocycles. The monoisotopic (exact) mass is 545 g/mol. The van der Waals surface area contributed by atoms with Crippen LogP contribution in [0.5, 0.6) is 17.2 Å². The number of methoxy groups -OCH3 is 2. The van der Waals surface area contributed by atoms with Crippen LogP contribution >= 0.6 is 0 Å². The summed E-state index contributed by atoms with van der Waals surface area (Å²) in [5, 5.41) is 3.46. The number of allylic oxidation sites excluding steroid dienone is 3. The van der Waals surface area contributed by atoms with Crippen LogP contribution in [0.25, 0.3) is 0 Å². The molecule has 2 aromatic rings. The van der Waals surface area contributed by atoms with Crippen LogP contribution in [-0.2, 0) is 14.3 Å². The summed E-state index contributed by atoms with van der Waals surface area (Å²) in [6, 6.07) is 13.5. The minimum atomic E-state index is -0.570. The van der Waals surface area contributed by atoms with E-state index < -0.39 is 5.92 Å². The van der Waals surface area contributed by atoms with E-state index in [2.05, 4.69) is 5.32 Å². The first-order chi connectivity index (χ1) is 19.3. The van der Waals surface area contributed by atoms with Crippen LogP contribution in [0.15, 0.2) is 65.0 Å². The zero-order valence-corrected chi connectivity index (χ0v) is 24.0. The van der Waals surface area contributed by atoms with Crippen LogP contribution in [0.2, 0.25) is 0 Å². The third kappa shape index (κ3) is 5.47. The maximum atomic E-state index is 14.1. The molecule has 0 amide bonds. The van der Waals surface area contributed by atoms with Gasteiger partial charge in [0, 0.05) is 29.0 Å². The van der Waals surface area contributed by atoms with E-state index in [0.717, 1.165) is 42.5 Å². The Balaban J connectivity index is 1.57. The summed E-state index contributed by atoms with van der Waals surface area (Å²) in [7, 11) is 3.22. The lowest BCUT2D eigenvalue weighted by molar-refractivity contribution is -0.144. The van der Waals surface area contributed by atoms with E-state index in [1.807, 2.05) is 63.2 Å². The Morgan fingerprint density at radius 2 is 1.68 bits per heavy atom. The van der Waals surface area contributed by atoms with Crippen molar-refractivity contribution in [1.29, 1.82) is 0 Å². The molecule has 0 unspecified atom stereocenters. The summed E-state index contributed by atoms with van der Waals surface area (Å²) in [5.41, 5.74) is 4.49. The summed E-state index contributed by atoms with van der Waals surface area (Å²) >= 11 is 0. The van der Waals surface area contributed by atoms with Crippen molar-refractivity contribution in [1.82, 2.24) is 5.32 Å². The molecule has 2 aliphatic carbocycles. The number of ketones is 1. The summed E-state index contributed by atoms with van der Waals surface area (Å²) in [6.07, 6.45) is 4.69. The summed E-state index contributed by atoms with van der Waals surface area (Å²) < 4.78 is 23.1. The van der Waals surface area contributed by atoms with Crippen molar-refractivity contribution in [2.75, 3.05) is 14.2 Å². The fourth-order valence-electron chi connectivity index (χ4n) is 6.26. The quantitative estimate of drug-likeness (QED) is 0.388. The molecule has 212 valence electrons. The van der Waals surface area contributed by atoms with Gasteiger partial charge in [0.2, 0.25) is 0 Å². The SMILES string of the molecule is COc1ccc([C@@H]2CC(=O)C3=C(C2)NC(C)=C(C(=O)OC2CCCC2)[C@H]3c2ccccc2OC(C)C)cc1OC. The van der Waals surface area contributed by atoms with Crippen molar-refractivity contribution >= 4 is 11.8 Å². The number of para-hydroxylation sites is 1. The van der Waals surface area contributed by atoms with Crippen molar-refractivity contribution < 1.29 is 28.5 Å². The average molecular weight is 546 g/mol. The Bertz CT molecular complexity index is 1350. The van der Waals surface area contributed by atoms with E-state index in [-0.39, 0.29) is 29.9 Å². The number of dihydropyridines is 1. The normalized spacial score (nSPS) is 21.3. The predicted molar refractivity (Wildman–Crippen MR) is 153 cm³/mol. The highest BCUT2D eigenvalue weighted by Crippen LogP contribution is 2.48. The molecule has 7 nitrogen and oxygen atoms in total. The third-order valence-electron chi connectivity index (χ3n) is 8.10. The number of carbonyl (C=O) groups excluding carboxylic acids is 2. The van der Waals surface area contributed by atoms with Gasteiger partial charge in [-0.05, 0) is 82.6 Å². The van der Waals surface area contributed by atoms with E-state index >= 15 is 0 Å². The van der Waals surface area contributed by atoms with Gasteiger partial charge in [-0.2, -0.15) is 0 Å². The highest BCUT2D eigenvalue weighted by molar-refractivity contribution is 6.04. The molecule has 1 saturated carbocycles. The fourth-order valence-corrected chi connectivity index (χ4v) is 6.26. The van der Waals surface area contributed by atoms with Crippen LogP contribution in [-0.4, -0.2) is 38.2 Å². The molecular weight excluding hydrogens is 506 g/mol. The van der Waals surface area contributed by atoms with Crippen molar-refractivity contribution in [3.05, 3.63) is 76.1 Å². The fraction of sp³-hybridized carbons (Fsp3) is 0.455. The Morgan fingerprint density at radius 1 is 0.950 bits per heavy atom. The van der Waals surface area contributed by atoms with Gasteiger partial charge in [0.1, 0.15) is 11.9 Å². The maximum absolute atomic E-state index is 14.1. The van der Waals surface area contributed by atoms with Crippen molar-refractivity contribution in [3.63, 3.8) is 0 Å². The topological polar surface area (TPSA) is 83.1 Å². The van der Waals surface area contributed by atoms with Crippen molar-refractivity contribution in [3.8, 4) is 17.2 Å². The predicted octanol–water partition coefficient (Wildman–Crippen LogP) is 6.34. The molecular formula is C33H39NO6. The van der Waals surface area contributed by atoms with Gasteiger partial charge in [-0.15, -0.1) is 0 Å². The lowest BCUT2D eigenvalue weighted by atomic mass is 9.71. The molecule has 0 radical (unpaired) electrons. The minimum Gasteiger partial charge on any atom is -0.493 e. The second-order valence-corrected chi connectivity index (χ2v) is 11.1. The Morgan fingerprint density at radius 3 is 2.38 bits per heavy atom. The lowest BCUT2D eigenvalue weighted by Gasteiger charge is -2.37. The standard InChI is InChI=1S/C33H39NO6/c1-19(2)39-27-13-9-8-12-24(27)31-30(33(36)40-23-10-6-7-11-23)20(3)34-25-16-22(17-26(35)32(25)31)21-14-15-28(37-4)29(18-21)38-5/h8-9,12-15,18-19,22-23,31,34H,6-7,10-11,16-17H2,1-5H3/t22-,31+/m0/s1. The molecule has 40 heavy (non-hydrogen) atoms. The number of rotatable bonds is 8. The zero-order chi connectivity index (χ0) is 28.4. The van der Waals surface area contributed by atoms with E-state index in [1.165, 1.54) is 0 Å². The molecule has 7 heteroatoms. The molecule has 2 aromatic carbocycles. The smallest absolute Gasteiger partial charge is 0.337 e. The highest BCUT2D eigenvalue weighted by atomic mass is 16.5. The molecule has 3 aliphatic rings. The summed E-state index contributed by atoms with van der Waals surface area (Å²) in [4.78, 5) is 27.8. The van der Waals surface area contributed by atoms with Gasteiger partial charge in [0.15, 0.2) is 17.3 Å². The van der Waals surface area contributed by atoms with Gasteiger partial charge in [0.25, 0.3) is 0 Å². The van der Waals surface area contributed by atoms with E-state index in [9.17, 15) is 9.59 Å². The third-order valence-corrected chi connectivity index (χ3v) is 8.10. The second-order valence-electron chi connectivity index (χ2n) is 11.1. The van der Waals surface area contributed by atoms with Gasteiger partial charge in [-0.25, -0.2) is 4.79 Å². The van der Waals surface area contributed by atoms with Gasteiger partial charge >= 0.3 is 5.97 Å². The number of benzene rings is 2. The molecule has 5 rings (SSSR count). The Hall–Kier alpha value is -3.74. The second kappa shape index (κ2) is 11.8. The Labute approximate surface area is 236 Å². The zero-order valence-electron chi connectivity index (χ0n) is 24.0. The number of Topliss-reactive ketones (excluding diaryl/α,β-unsaturated/α-hetero) is 1. The van der Waals surface area contributed by atoms with Crippen molar-refractivity contribution in [2.24, 2.45) is 0 Å². The average Bonchev–Trinajstić information content (AvgIpc) is 3.44. The first kappa shape index (κ1) is 27.8. The van der Waals surface area contributed by atoms with Gasteiger partial charge < -0.3 is 24.3 Å². The lowest BCUT2D eigenvalue weighted by Crippen LogP contribution is -2.36. The number of carbonyl (C=O) groups is 2. The molecule has 1 heterocycles. The number of hydrogen-bond donors (Lipinski definition) is 1. The van der Waals surface area contributed by atoms with Gasteiger partial charge in [-0.3, -0.25) is 4.79 Å². The molecule has 1 N–H and O–H groups in total. The van der Waals surface area contributed by atoms with Crippen LogP contribution in [0.3, 0.4) is 0 Å². The number of esters is 1. The highest BCUT2D eigenvalue weighted by Gasteiger charge is 2.43. The molecule has 0 bridgehead atoms. The van der Waals surface area contributed by atoms with E-state index in [0.29, 0.717) is 46.9 Å². The largest absolute Gasteiger partial charge is 0.493 e. The van der Waals surface area contributed by atoms with Crippen LogP contribution in [0.1, 0.15) is 82.3 Å². The van der Waals surface area contributed by atoms with Gasteiger partial charge in [-0.1, -0.05) is 24.3 Å². The molecule has 2 atom stereocenters.